The van der Waals surface area contributed by atoms with Crippen LogP contribution in [0.4, 0.5) is 5.69 Å². The molecule has 1 amide bonds. The van der Waals surface area contributed by atoms with E-state index in [0.29, 0.717) is 6.54 Å². The average Bonchev–Trinajstić information content (AvgIpc) is 2.20. The van der Waals surface area contributed by atoms with Gasteiger partial charge < -0.3 is 15.5 Å². The Balaban J connectivity index is 0.00000256. The van der Waals surface area contributed by atoms with E-state index in [-0.39, 0.29) is 18.3 Å². The molecule has 0 atom stereocenters. The molecule has 5 heteroatoms. The number of hydrogen-bond donors (Lipinski definition) is 2. The number of likely N-dealkylation sites (N-methyl/N-ethyl adjacent to an activating group) is 1. The van der Waals surface area contributed by atoms with Crippen molar-refractivity contribution >= 4 is 24.0 Å². The molecule has 0 bridgehead atoms. The molecular weight excluding hydrogens is 238 g/mol. The van der Waals surface area contributed by atoms with Gasteiger partial charge >= 0.3 is 0 Å². The van der Waals surface area contributed by atoms with Gasteiger partial charge in [0.15, 0.2) is 0 Å². The summed E-state index contributed by atoms with van der Waals surface area (Å²) in [5, 5.41) is 5.92. The molecule has 96 valence electrons. The number of anilines is 1. The van der Waals surface area contributed by atoms with Gasteiger partial charge in [-0.2, -0.15) is 0 Å². The molecule has 0 heterocycles. The molecule has 0 aliphatic heterocycles. The van der Waals surface area contributed by atoms with E-state index in [1.54, 1.807) is 0 Å². The fraction of sp³-hybridized carbons (Fsp3) is 0.417. The molecule has 0 aromatic heterocycles. The molecule has 0 saturated heterocycles. The van der Waals surface area contributed by atoms with Gasteiger partial charge in [-0.05, 0) is 38.8 Å². The van der Waals surface area contributed by atoms with Crippen LogP contribution in [-0.4, -0.2) is 38.5 Å². The molecule has 0 unspecified atom stereocenters. The number of benzene rings is 1. The maximum absolute atomic E-state index is 11.5. The molecule has 1 rings (SSSR count). The Hall–Kier alpha value is -1.10. The molecule has 0 fully saturated rings. The first-order valence-corrected chi connectivity index (χ1v) is 5.30. The van der Waals surface area contributed by atoms with E-state index in [2.05, 4.69) is 10.6 Å². The lowest BCUT2D eigenvalue weighted by Crippen LogP contribution is -2.27. The third-order valence-electron chi connectivity index (χ3n) is 2.08. The lowest BCUT2D eigenvalue weighted by molar-refractivity contribution is -0.116. The van der Waals surface area contributed by atoms with E-state index in [9.17, 15) is 4.79 Å². The first-order chi connectivity index (χ1) is 7.61. The summed E-state index contributed by atoms with van der Waals surface area (Å²) in [4.78, 5) is 13.3. The van der Waals surface area contributed by atoms with Gasteiger partial charge in [0.05, 0.1) is 6.54 Å². The summed E-state index contributed by atoms with van der Waals surface area (Å²) in [6.45, 7) is 1.24. The van der Waals surface area contributed by atoms with Gasteiger partial charge in [0.25, 0.3) is 0 Å². The second kappa shape index (κ2) is 8.06. The van der Waals surface area contributed by atoms with E-state index in [1.165, 1.54) is 5.56 Å². The van der Waals surface area contributed by atoms with Crippen LogP contribution < -0.4 is 10.6 Å². The highest BCUT2D eigenvalue weighted by atomic mass is 35.5. The van der Waals surface area contributed by atoms with E-state index < -0.39 is 0 Å². The summed E-state index contributed by atoms with van der Waals surface area (Å²) in [5.41, 5.74) is 2.04. The van der Waals surface area contributed by atoms with Gasteiger partial charge in [0.2, 0.25) is 5.91 Å². The summed E-state index contributed by atoms with van der Waals surface area (Å²) in [6, 6.07) is 7.84. The molecule has 1 aromatic rings. The van der Waals surface area contributed by atoms with Crippen molar-refractivity contribution in [3.63, 3.8) is 0 Å². The Kier molecular flexibility index (Phi) is 7.54. The average molecular weight is 258 g/mol. The number of nitrogens with zero attached hydrogens (tertiary/aromatic N) is 1. The normalized spacial score (nSPS) is 9.88. The van der Waals surface area contributed by atoms with Gasteiger partial charge in [0.1, 0.15) is 0 Å². The highest BCUT2D eigenvalue weighted by Gasteiger charge is 2.03. The van der Waals surface area contributed by atoms with Gasteiger partial charge in [-0.3, -0.25) is 4.79 Å². The summed E-state index contributed by atoms with van der Waals surface area (Å²) < 4.78 is 0. The smallest absolute Gasteiger partial charge is 0.238 e. The lowest BCUT2D eigenvalue weighted by atomic mass is 10.2. The third kappa shape index (κ3) is 6.26. The first kappa shape index (κ1) is 15.9. The Bertz CT molecular complexity index is 338. The minimum absolute atomic E-state index is 0. The summed E-state index contributed by atoms with van der Waals surface area (Å²) in [5.74, 6) is 0.00589. The maximum atomic E-state index is 11.5. The Labute approximate surface area is 109 Å². The van der Waals surface area contributed by atoms with Gasteiger partial charge in [-0.1, -0.05) is 12.1 Å². The van der Waals surface area contributed by atoms with Crippen LogP contribution in [0.2, 0.25) is 0 Å². The van der Waals surface area contributed by atoms with Crippen LogP contribution in [0.5, 0.6) is 0 Å². The zero-order valence-electron chi connectivity index (χ0n) is 10.5. The van der Waals surface area contributed by atoms with Gasteiger partial charge in [0, 0.05) is 12.2 Å². The summed E-state index contributed by atoms with van der Waals surface area (Å²) >= 11 is 0. The number of hydrogen-bond acceptors (Lipinski definition) is 3. The van der Waals surface area contributed by atoms with Crippen molar-refractivity contribution in [3.8, 4) is 0 Å². The predicted octanol–water partition coefficient (Wildman–Crippen LogP) is 1.33. The number of amides is 1. The van der Waals surface area contributed by atoms with Crippen molar-refractivity contribution in [2.24, 2.45) is 0 Å². The number of halogens is 1. The van der Waals surface area contributed by atoms with Crippen molar-refractivity contribution in [2.75, 3.05) is 33.0 Å². The number of carbonyl (C=O) groups is 1. The van der Waals surface area contributed by atoms with Crippen LogP contribution in [0, 0.1) is 0 Å². The number of rotatable bonds is 5. The number of nitrogens with one attached hydrogen (secondary N) is 2. The van der Waals surface area contributed by atoms with Crippen LogP contribution in [0.3, 0.4) is 0 Å². The van der Waals surface area contributed by atoms with E-state index >= 15 is 0 Å². The van der Waals surface area contributed by atoms with Crippen molar-refractivity contribution in [2.45, 2.75) is 6.54 Å². The SMILES string of the molecule is CNCc1ccc(NC(=O)CN(C)C)cc1.Cl. The van der Waals surface area contributed by atoms with Crippen molar-refractivity contribution in [3.05, 3.63) is 29.8 Å². The zero-order valence-corrected chi connectivity index (χ0v) is 11.3. The highest BCUT2D eigenvalue weighted by molar-refractivity contribution is 5.92. The fourth-order valence-electron chi connectivity index (χ4n) is 1.40. The molecule has 17 heavy (non-hydrogen) atoms. The third-order valence-corrected chi connectivity index (χ3v) is 2.08. The largest absolute Gasteiger partial charge is 0.325 e. The molecule has 0 saturated carbocycles. The Morgan fingerprint density at radius 1 is 1.24 bits per heavy atom. The van der Waals surface area contributed by atoms with Crippen molar-refractivity contribution in [1.82, 2.24) is 10.2 Å². The van der Waals surface area contributed by atoms with E-state index in [0.717, 1.165) is 12.2 Å². The van der Waals surface area contributed by atoms with Crippen LogP contribution >= 0.6 is 12.4 Å². The molecule has 0 spiro atoms. The van der Waals surface area contributed by atoms with Crippen LogP contribution in [0.1, 0.15) is 5.56 Å². The molecule has 0 radical (unpaired) electrons. The highest BCUT2D eigenvalue weighted by Crippen LogP contribution is 2.09. The van der Waals surface area contributed by atoms with Crippen molar-refractivity contribution < 1.29 is 4.79 Å². The van der Waals surface area contributed by atoms with E-state index in [1.807, 2.05) is 50.3 Å². The minimum atomic E-state index is 0. The molecule has 0 aliphatic rings. The molecule has 1 aromatic carbocycles. The second-order valence-corrected chi connectivity index (χ2v) is 4.01. The van der Waals surface area contributed by atoms with Crippen molar-refractivity contribution in [1.29, 1.82) is 0 Å². The quantitative estimate of drug-likeness (QED) is 0.837. The molecule has 4 nitrogen and oxygen atoms in total. The topological polar surface area (TPSA) is 44.4 Å². The molecular formula is C12H20ClN3O. The zero-order chi connectivity index (χ0) is 12.0. The fourth-order valence-corrected chi connectivity index (χ4v) is 1.40. The maximum Gasteiger partial charge on any atom is 0.238 e. The summed E-state index contributed by atoms with van der Waals surface area (Å²) in [6.07, 6.45) is 0. The van der Waals surface area contributed by atoms with Gasteiger partial charge in [-0.15, -0.1) is 12.4 Å². The summed E-state index contributed by atoms with van der Waals surface area (Å²) in [7, 11) is 5.65. The standard InChI is InChI=1S/C12H19N3O.ClH/c1-13-8-10-4-6-11(7-5-10)14-12(16)9-15(2)3;/h4-7,13H,8-9H2,1-3H3,(H,14,16);1H. The molecule has 2 N–H and O–H groups in total. The Morgan fingerprint density at radius 2 is 1.82 bits per heavy atom. The Morgan fingerprint density at radius 3 is 2.29 bits per heavy atom. The number of carbonyl (C=O) groups excluding carboxylic acids is 1. The minimum Gasteiger partial charge on any atom is -0.325 e. The van der Waals surface area contributed by atoms with E-state index in [4.69, 9.17) is 0 Å². The monoisotopic (exact) mass is 257 g/mol. The van der Waals surface area contributed by atoms with Crippen LogP contribution in [0.25, 0.3) is 0 Å². The second-order valence-electron chi connectivity index (χ2n) is 4.01. The van der Waals surface area contributed by atoms with Crippen LogP contribution in [0.15, 0.2) is 24.3 Å². The molecule has 0 aliphatic carbocycles. The van der Waals surface area contributed by atoms with Gasteiger partial charge in [-0.25, -0.2) is 0 Å². The first-order valence-electron chi connectivity index (χ1n) is 5.30. The lowest BCUT2D eigenvalue weighted by Gasteiger charge is -2.10. The predicted molar refractivity (Wildman–Crippen MR) is 73.6 cm³/mol. The van der Waals surface area contributed by atoms with Crippen LogP contribution in [-0.2, 0) is 11.3 Å².